The van der Waals surface area contributed by atoms with Gasteiger partial charge in [-0.2, -0.15) is 11.8 Å². The summed E-state index contributed by atoms with van der Waals surface area (Å²) in [5.41, 5.74) is 0. The van der Waals surface area contributed by atoms with E-state index in [1.165, 1.54) is 0 Å². The molecule has 2 N–H and O–H groups in total. The average molecular weight is 190 g/mol. The van der Waals surface area contributed by atoms with E-state index in [1.807, 2.05) is 18.7 Å². The Kier molecular flexibility index (Phi) is 7.29. The maximum Gasteiger partial charge on any atom is 0.234 e. The Morgan fingerprint density at radius 1 is 1.58 bits per heavy atom. The number of hydrogen-bond acceptors (Lipinski definition) is 3. The van der Waals surface area contributed by atoms with Crippen molar-refractivity contribution in [3.63, 3.8) is 0 Å². The van der Waals surface area contributed by atoms with Crippen LogP contribution in [0.25, 0.3) is 0 Å². The minimum atomic E-state index is 0.0710. The van der Waals surface area contributed by atoms with Crippen molar-refractivity contribution in [3.05, 3.63) is 0 Å². The fourth-order valence-electron chi connectivity index (χ4n) is 0.823. The smallest absolute Gasteiger partial charge is 0.234 e. The van der Waals surface area contributed by atoms with E-state index < -0.39 is 0 Å². The van der Waals surface area contributed by atoms with Crippen LogP contribution in [0.3, 0.4) is 0 Å². The molecule has 0 saturated carbocycles. The van der Waals surface area contributed by atoms with Gasteiger partial charge in [-0.05, 0) is 19.7 Å². The zero-order valence-corrected chi connectivity index (χ0v) is 8.83. The van der Waals surface area contributed by atoms with Gasteiger partial charge in [-0.3, -0.25) is 4.79 Å². The SMILES string of the molecule is CCSCC(C)NC(=O)CNC. The molecule has 0 radical (unpaired) electrons. The number of carbonyl (C=O) groups excluding carboxylic acids is 1. The molecule has 0 heterocycles. The molecular formula is C8H18N2OS. The molecule has 3 nitrogen and oxygen atoms in total. The Bertz CT molecular complexity index is 130. The van der Waals surface area contributed by atoms with Crippen molar-refractivity contribution in [3.8, 4) is 0 Å². The standard InChI is InChI=1S/C8H18N2OS/c1-4-12-6-7(2)10-8(11)5-9-3/h7,9H,4-6H2,1-3H3,(H,10,11). The highest BCUT2D eigenvalue weighted by molar-refractivity contribution is 7.99. The van der Waals surface area contributed by atoms with Crippen LogP contribution < -0.4 is 10.6 Å². The second kappa shape index (κ2) is 7.43. The van der Waals surface area contributed by atoms with Gasteiger partial charge in [0.2, 0.25) is 5.91 Å². The zero-order valence-electron chi connectivity index (χ0n) is 8.02. The summed E-state index contributed by atoms with van der Waals surface area (Å²) in [6.07, 6.45) is 0. The normalized spacial score (nSPS) is 12.6. The van der Waals surface area contributed by atoms with Crippen LogP contribution in [0.1, 0.15) is 13.8 Å². The summed E-state index contributed by atoms with van der Waals surface area (Å²) in [6.45, 7) is 4.55. The summed E-state index contributed by atoms with van der Waals surface area (Å²) >= 11 is 1.84. The quantitative estimate of drug-likeness (QED) is 0.639. The van der Waals surface area contributed by atoms with E-state index >= 15 is 0 Å². The number of amides is 1. The number of thioether (sulfide) groups is 1. The monoisotopic (exact) mass is 190 g/mol. The molecule has 0 aliphatic heterocycles. The number of carbonyl (C=O) groups is 1. The second-order valence-electron chi connectivity index (χ2n) is 2.66. The highest BCUT2D eigenvalue weighted by Crippen LogP contribution is 2.00. The van der Waals surface area contributed by atoms with Gasteiger partial charge in [-0.25, -0.2) is 0 Å². The summed E-state index contributed by atoms with van der Waals surface area (Å²) in [7, 11) is 1.77. The third kappa shape index (κ3) is 6.49. The van der Waals surface area contributed by atoms with E-state index in [9.17, 15) is 4.79 Å². The molecule has 12 heavy (non-hydrogen) atoms. The summed E-state index contributed by atoms with van der Waals surface area (Å²) in [6, 6.07) is 0.274. The van der Waals surface area contributed by atoms with Gasteiger partial charge in [0.15, 0.2) is 0 Å². The summed E-state index contributed by atoms with van der Waals surface area (Å²) in [5, 5.41) is 5.70. The van der Waals surface area contributed by atoms with E-state index in [0.717, 1.165) is 11.5 Å². The molecule has 0 fully saturated rings. The van der Waals surface area contributed by atoms with Gasteiger partial charge >= 0.3 is 0 Å². The van der Waals surface area contributed by atoms with Crippen LogP contribution in [0.15, 0.2) is 0 Å². The molecule has 0 aliphatic rings. The number of hydrogen-bond donors (Lipinski definition) is 2. The average Bonchev–Trinajstić information content (AvgIpc) is 2.01. The van der Waals surface area contributed by atoms with E-state index in [-0.39, 0.29) is 11.9 Å². The Labute approximate surface area is 78.7 Å². The van der Waals surface area contributed by atoms with Gasteiger partial charge in [0.05, 0.1) is 6.54 Å². The molecule has 0 aromatic heterocycles. The van der Waals surface area contributed by atoms with Gasteiger partial charge in [0.25, 0.3) is 0 Å². The summed E-state index contributed by atoms with van der Waals surface area (Å²) in [4.78, 5) is 11.0. The number of nitrogens with one attached hydrogen (secondary N) is 2. The lowest BCUT2D eigenvalue weighted by molar-refractivity contribution is -0.120. The van der Waals surface area contributed by atoms with Gasteiger partial charge in [-0.1, -0.05) is 6.92 Å². The first-order chi connectivity index (χ1) is 5.70. The van der Waals surface area contributed by atoms with Crippen molar-refractivity contribution < 1.29 is 4.79 Å². The van der Waals surface area contributed by atoms with Gasteiger partial charge in [-0.15, -0.1) is 0 Å². The maximum absolute atomic E-state index is 11.0. The summed E-state index contributed by atoms with van der Waals surface area (Å²) < 4.78 is 0. The lowest BCUT2D eigenvalue weighted by Crippen LogP contribution is -2.39. The maximum atomic E-state index is 11.0. The van der Waals surface area contributed by atoms with E-state index in [2.05, 4.69) is 17.6 Å². The lowest BCUT2D eigenvalue weighted by Gasteiger charge is -2.12. The van der Waals surface area contributed by atoms with Crippen LogP contribution in [0, 0.1) is 0 Å². The van der Waals surface area contributed by atoms with Crippen LogP contribution in [0.4, 0.5) is 0 Å². The fourth-order valence-corrected chi connectivity index (χ4v) is 1.50. The Balaban J connectivity index is 3.40. The van der Waals surface area contributed by atoms with Crippen molar-refractivity contribution in [1.82, 2.24) is 10.6 Å². The largest absolute Gasteiger partial charge is 0.352 e. The molecule has 1 amide bonds. The molecule has 1 unspecified atom stereocenters. The molecule has 1 atom stereocenters. The lowest BCUT2D eigenvalue weighted by atomic mass is 10.4. The minimum Gasteiger partial charge on any atom is -0.352 e. The number of likely N-dealkylation sites (N-methyl/N-ethyl adjacent to an activating group) is 1. The predicted molar refractivity (Wildman–Crippen MR) is 54.5 cm³/mol. The summed E-state index contributed by atoms with van der Waals surface area (Å²) in [5.74, 6) is 2.17. The van der Waals surface area contributed by atoms with E-state index in [4.69, 9.17) is 0 Å². The van der Waals surface area contributed by atoms with Crippen molar-refractivity contribution in [1.29, 1.82) is 0 Å². The minimum absolute atomic E-state index is 0.0710. The molecular weight excluding hydrogens is 172 g/mol. The van der Waals surface area contributed by atoms with Crippen molar-refractivity contribution >= 4 is 17.7 Å². The van der Waals surface area contributed by atoms with Crippen LogP contribution in [-0.2, 0) is 4.79 Å². The molecule has 0 aliphatic carbocycles. The Morgan fingerprint density at radius 2 is 2.25 bits per heavy atom. The highest BCUT2D eigenvalue weighted by Gasteiger charge is 2.04. The molecule has 0 spiro atoms. The van der Waals surface area contributed by atoms with E-state index in [0.29, 0.717) is 6.54 Å². The fraction of sp³-hybridized carbons (Fsp3) is 0.875. The van der Waals surface area contributed by atoms with Crippen molar-refractivity contribution in [2.24, 2.45) is 0 Å². The van der Waals surface area contributed by atoms with Crippen LogP contribution in [0.2, 0.25) is 0 Å². The van der Waals surface area contributed by atoms with Crippen LogP contribution in [-0.4, -0.2) is 37.0 Å². The second-order valence-corrected chi connectivity index (χ2v) is 3.98. The van der Waals surface area contributed by atoms with Crippen molar-refractivity contribution in [2.45, 2.75) is 19.9 Å². The Hall–Kier alpha value is -0.220. The zero-order chi connectivity index (χ0) is 9.40. The molecule has 0 aromatic rings. The first-order valence-electron chi connectivity index (χ1n) is 4.22. The topological polar surface area (TPSA) is 41.1 Å². The predicted octanol–water partition coefficient (Wildman–Crippen LogP) is 0.464. The third-order valence-corrected chi connectivity index (χ3v) is 2.46. The molecule has 0 rings (SSSR count). The van der Waals surface area contributed by atoms with Crippen LogP contribution >= 0.6 is 11.8 Å². The molecule has 0 saturated heterocycles. The van der Waals surface area contributed by atoms with Gasteiger partial charge in [0, 0.05) is 11.8 Å². The Morgan fingerprint density at radius 3 is 2.75 bits per heavy atom. The molecule has 0 bridgehead atoms. The first-order valence-corrected chi connectivity index (χ1v) is 5.37. The van der Waals surface area contributed by atoms with Gasteiger partial charge in [0.1, 0.15) is 0 Å². The third-order valence-electron chi connectivity index (χ3n) is 1.32. The molecule has 72 valence electrons. The van der Waals surface area contributed by atoms with Gasteiger partial charge < -0.3 is 10.6 Å². The van der Waals surface area contributed by atoms with Crippen molar-refractivity contribution in [2.75, 3.05) is 25.1 Å². The van der Waals surface area contributed by atoms with Crippen LogP contribution in [0.5, 0.6) is 0 Å². The first kappa shape index (κ1) is 11.8. The highest BCUT2D eigenvalue weighted by atomic mass is 32.2. The molecule has 4 heteroatoms. The number of rotatable bonds is 6. The molecule has 0 aromatic carbocycles. The van der Waals surface area contributed by atoms with E-state index in [1.54, 1.807) is 7.05 Å².